The third kappa shape index (κ3) is 2.50. The monoisotopic (exact) mass is 287 g/mol. The summed E-state index contributed by atoms with van der Waals surface area (Å²) in [5, 5.41) is 14.5. The molecule has 19 heavy (non-hydrogen) atoms. The van der Waals surface area contributed by atoms with Crippen molar-refractivity contribution in [2.75, 3.05) is 13.1 Å². The van der Waals surface area contributed by atoms with E-state index in [9.17, 15) is 18.3 Å². The first-order valence-electron chi connectivity index (χ1n) is 5.98. The molecule has 8 heteroatoms. The molecule has 0 saturated carbocycles. The van der Waals surface area contributed by atoms with Crippen LogP contribution in [0.1, 0.15) is 24.3 Å². The van der Waals surface area contributed by atoms with E-state index in [0.717, 1.165) is 0 Å². The van der Waals surface area contributed by atoms with E-state index in [1.807, 2.05) is 0 Å². The van der Waals surface area contributed by atoms with Gasteiger partial charge in [-0.25, -0.2) is 8.42 Å². The van der Waals surface area contributed by atoms with Crippen molar-refractivity contribution in [2.45, 2.75) is 31.6 Å². The SMILES string of the molecule is Cc1noc(C)c1S(=O)(=O)N1CCCC(C(=O)[O-])C1. The van der Waals surface area contributed by atoms with Crippen LogP contribution in [-0.4, -0.2) is 36.9 Å². The van der Waals surface area contributed by atoms with Crippen LogP contribution in [0, 0.1) is 19.8 Å². The van der Waals surface area contributed by atoms with Gasteiger partial charge in [0, 0.05) is 25.0 Å². The highest BCUT2D eigenvalue weighted by molar-refractivity contribution is 7.89. The van der Waals surface area contributed by atoms with E-state index in [4.69, 9.17) is 4.52 Å². The Morgan fingerprint density at radius 1 is 1.47 bits per heavy atom. The van der Waals surface area contributed by atoms with E-state index < -0.39 is 21.9 Å². The van der Waals surface area contributed by atoms with Gasteiger partial charge in [0.15, 0.2) is 5.76 Å². The fraction of sp³-hybridized carbons (Fsp3) is 0.636. The molecule has 1 unspecified atom stereocenters. The van der Waals surface area contributed by atoms with Crippen molar-refractivity contribution in [3.8, 4) is 0 Å². The van der Waals surface area contributed by atoms with Crippen LogP contribution in [0.15, 0.2) is 9.42 Å². The molecule has 1 aliphatic heterocycles. The number of nitrogens with zero attached hydrogens (tertiary/aromatic N) is 2. The number of aryl methyl sites for hydroxylation is 2. The highest BCUT2D eigenvalue weighted by atomic mass is 32.2. The topological polar surface area (TPSA) is 104 Å². The van der Waals surface area contributed by atoms with Gasteiger partial charge in [-0.05, 0) is 26.7 Å². The highest BCUT2D eigenvalue weighted by Crippen LogP contribution is 2.27. The summed E-state index contributed by atoms with van der Waals surface area (Å²) in [5.41, 5.74) is 0.285. The molecule has 1 atom stereocenters. The second kappa shape index (κ2) is 4.93. The highest BCUT2D eigenvalue weighted by Gasteiger charge is 2.34. The fourth-order valence-electron chi connectivity index (χ4n) is 2.33. The van der Waals surface area contributed by atoms with Crippen molar-refractivity contribution in [3.63, 3.8) is 0 Å². The smallest absolute Gasteiger partial charge is 0.248 e. The molecule has 0 amide bonds. The van der Waals surface area contributed by atoms with E-state index in [2.05, 4.69) is 5.16 Å². The number of sulfonamides is 1. The Morgan fingerprint density at radius 2 is 2.16 bits per heavy atom. The summed E-state index contributed by atoms with van der Waals surface area (Å²) in [7, 11) is -3.76. The van der Waals surface area contributed by atoms with Crippen LogP contribution in [0.25, 0.3) is 0 Å². The summed E-state index contributed by atoms with van der Waals surface area (Å²) in [4.78, 5) is 10.9. The van der Waals surface area contributed by atoms with Crippen LogP contribution in [0.2, 0.25) is 0 Å². The maximum absolute atomic E-state index is 12.5. The van der Waals surface area contributed by atoms with Gasteiger partial charge >= 0.3 is 0 Å². The summed E-state index contributed by atoms with van der Waals surface area (Å²) >= 11 is 0. The molecule has 1 fully saturated rings. The lowest BCUT2D eigenvalue weighted by molar-refractivity contribution is -0.312. The standard InChI is InChI=1S/C11H16N2O5S/c1-7-10(8(2)18-12-7)19(16,17)13-5-3-4-9(6-13)11(14)15/h9H,3-6H2,1-2H3,(H,14,15)/p-1. The predicted octanol–water partition coefficient (Wildman–Crippen LogP) is -0.558. The number of carbonyl (C=O) groups excluding carboxylic acids is 1. The van der Waals surface area contributed by atoms with Gasteiger partial charge in [0.1, 0.15) is 10.6 Å². The lowest BCUT2D eigenvalue weighted by Crippen LogP contribution is -2.46. The Kier molecular flexibility index (Phi) is 3.64. The Balaban J connectivity index is 2.32. The molecule has 0 N–H and O–H groups in total. The van der Waals surface area contributed by atoms with Gasteiger partial charge in [-0.3, -0.25) is 0 Å². The number of carboxylic acid groups (broad SMARTS) is 1. The summed E-state index contributed by atoms with van der Waals surface area (Å²) in [6, 6.07) is 0. The molecule has 1 saturated heterocycles. The molecule has 2 heterocycles. The van der Waals surface area contributed by atoms with Crippen molar-refractivity contribution in [1.29, 1.82) is 0 Å². The average molecular weight is 287 g/mol. The van der Waals surface area contributed by atoms with Gasteiger partial charge in [0.2, 0.25) is 10.0 Å². The molecular formula is C11H15N2O5S-. The molecule has 106 valence electrons. The third-order valence-corrected chi connectivity index (χ3v) is 5.39. The van der Waals surface area contributed by atoms with Crippen LogP contribution in [0.4, 0.5) is 0 Å². The Hall–Kier alpha value is -1.41. The molecule has 1 aromatic rings. The van der Waals surface area contributed by atoms with Gasteiger partial charge < -0.3 is 14.4 Å². The van der Waals surface area contributed by atoms with Gasteiger partial charge in [-0.2, -0.15) is 4.31 Å². The molecular weight excluding hydrogens is 272 g/mol. The molecule has 1 aromatic heterocycles. The number of carboxylic acids is 1. The first-order chi connectivity index (χ1) is 8.84. The number of carbonyl (C=O) groups is 1. The van der Waals surface area contributed by atoms with E-state index >= 15 is 0 Å². The summed E-state index contributed by atoms with van der Waals surface area (Å²) in [5.74, 6) is -1.75. The maximum Gasteiger partial charge on any atom is 0.248 e. The van der Waals surface area contributed by atoms with Crippen LogP contribution in [-0.2, 0) is 14.8 Å². The van der Waals surface area contributed by atoms with Crippen molar-refractivity contribution in [3.05, 3.63) is 11.5 Å². The molecule has 2 rings (SSSR count). The molecule has 1 aliphatic rings. The first-order valence-corrected chi connectivity index (χ1v) is 7.42. The zero-order chi connectivity index (χ0) is 14.2. The Labute approximate surface area is 111 Å². The second-order valence-corrected chi connectivity index (χ2v) is 6.55. The minimum Gasteiger partial charge on any atom is -0.550 e. The predicted molar refractivity (Wildman–Crippen MR) is 62.5 cm³/mol. The number of piperidine rings is 1. The van der Waals surface area contributed by atoms with Crippen LogP contribution >= 0.6 is 0 Å². The van der Waals surface area contributed by atoms with Gasteiger partial charge in [-0.15, -0.1) is 0 Å². The minimum absolute atomic E-state index is 0.0338. The Morgan fingerprint density at radius 3 is 2.68 bits per heavy atom. The molecule has 0 aromatic carbocycles. The molecule has 0 radical (unpaired) electrons. The van der Waals surface area contributed by atoms with Crippen LogP contribution in [0.3, 0.4) is 0 Å². The molecule has 0 aliphatic carbocycles. The second-order valence-electron chi connectivity index (χ2n) is 4.67. The van der Waals surface area contributed by atoms with E-state index in [-0.39, 0.29) is 22.9 Å². The number of hydrogen-bond donors (Lipinski definition) is 0. The van der Waals surface area contributed by atoms with Gasteiger partial charge in [-0.1, -0.05) is 5.16 Å². The Bertz CT molecular complexity index is 573. The van der Waals surface area contributed by atoms with Crippen molar-refractivity contribution < 1.29 is 22.8 Å². The lowest BCUT2D eigenvalue weighted by Gasteiger charge is -2.32. The maximum atomic E-state index is 12.5. The summed E-state index contributed by atoms with van der Waals surface area (Å²) in [6.45, 7) is 3.31. The summed E-state index contributed by atoms with van der Waals surface area (Å²) < 4.78 is 31.0. The normalized spacial score (nSPS) is 21.5. The molecule has 0 spiro atoms. The number of aliphatic carboxylic acids is 1. The van der Waals surface area contributed by atoms with Crippen LogP contribution < -0.4 is 5.11 Å². The van der Waals surface area contributed by atoms with Crippen molar-refractivity contribution in [2.24, 2.45) is 5.92 Å². The zero-order valence-corrected chi connectivity index (χ0v) is 11.6. The first kappa shape index (κ1) is 14.0. The van der Waals surface area contributed by atoms with Gasteiger partial charge in [0.25, 0.3) is 0 Å². The van der Waals surface area contributed by atoms with E-state index in [1.165, 1.54) is 11.2 Å². The molecule has 0 bridgehead atoms. The molecule has 7 nitrogen and oxygen atoms in total. The van der Waals surface area contributed by atoms with Crippen molar-refractivity contribution >= 4 is 16.0 Å². The number of hydrogen-bond acceptors (Lipinski definition) is 6. The number of aromatic nitrogens is 1. The lowest BCUT2D eigenvalue weighted by atomic mass is 10.0. The van der Waals surface area contributed by atoms with Crippen LogP contribution in [0.5, 0.6) is 0 Å². The fourth-order valence-corrected chi connectivity index (χ4v) is 4.14. The van der Waals surface area contributed by atoms with E-state index in [0.29, 0.717) is 19.4 Å². The average Bonchev–Trinajstić information content (AvgIpc) is 2.69. The third-order valence-electron chi connectivity index (χ3n) is 3.28. The summed E-state index contributed by atoms with van der Waals surface area (Å²) in [6.07, 6.45) is 0.942. The minimum atomic E-state index is -3.76. The van der Waals surface area contributed by atoms with Gasteiger partial charge in [0.05, 0.1) is 0 Å². The zero-order valence-electron chi connectivity index (χ0n) is 10.7. The number of rotatable bonds is 3. The largest absolute Gasteiger partial charge is 0.550 e. The van der Waals surface area contributed by atoms with Crippen molar-refractivity contribution in [1.82, 2.24) is 9.46 Å². The quantitative estimate of drug-likeness (QED) is 0.738. The van der Waals surface area contributed by atoms with E-state index in [1.54, 1.807) is 6.92 Å².